The van der Waals surface area contributed by atoms with Crippen LogP contribution < -0.4 is 4.74 Å². The zero-order valence-electron chi connectivity index (χ0n) is 15.2. The van der Waals surface area contributed by atoms with Crippen LogP contribution in [0.25, 0.3) is 10.9 Å². The monoisotopic (exact) mass is 334 g/mol. The molecule has 130 valence electrons. The van der Waals surface area contributed by atoms with Gasteiger partial charge in [0.1, 0.15) is 5.75 Å². The van der Waals surface area contributed by atoms with Crippen molar-refractivity contribution in [2.24, 2.45) is 10.9 Å². The number of H-pyrrole nitrogens is 1. The SMILES string of the molecule is COc1ccc(C=NCC[C@H](c2c[nH]c3ccccc23)C(C)C)cc1. The van der Waals surface area contributed by atoms with Crippen LogP contribution in [0.4, 0.5) is 0 Å². The van der Waals surface area contributed by atoms with Crippen LogP contribution in [-0.4, -0.2) is 24.9 Å². The molecule has 0 radical (unpaired) electrons. The highest BCUT2D eigenvalue weighted by Crippen LogP contribution is 2.33. The van der Waals surface area contributed by atoms with Crippen LogP contribution in [0, 0.1) is 5.92 Å². The van der Waals surface area contributed by atoms with Crippen molar-refractivity contribution in [3.63, 3.8) is 0 Å². The van der Waals surface area contributed by atoms with E-state index >= 15 is 0 Å². The Balaban J connectivity index is 1.67. The molecule has 0 aliphatic heterocycles. The second kappa shape index (κ2) is 8.02. The van der Waals surface area contributed by atoms with Gasteiger partial charge in [0, 0.05) is 29.9 Å². The number of ether oxygens (including phenoxy) is 1. The smallest absolute Gasteiger partial charge is 0.118 e. The zero-order chi connectivity index (χ0) is 17.6. The predicted molar refractivity (Wildman–Crippen MR) is 106 cm³/mol. The average molecular weight is 334 g/mol. The first-order valence-electron chi connectivity index (χ1n) is 8.89. The second-order valence-electron chi connectivity index (χ2n) is 6.74. The van der Waals surface area contributed by atoms with Gasteiger partial charge in [0.2, 0.25) is 0 Å². The topological polar surface area (TPSA) is 37.4 Å². The summed E-state index contributed by atoms with van der Waals surface area (Å²) in [4.78, 5) is 8.03. The number of aliphatic imine (C=N–C) groups is 1. The Kier molecular flexibility index (Phi) is 5.54. The highest BCUT2D eigenvalue weighted by Gasteiger charge is 2.18. The number of para-hydroxylation sites is 1. The number of hydrogen-bond acceptors (Lipinski definition) is 2. The summed E-state index contributed by atoms with van der Waals surface area (Å²) in [5.74, 6) is 1.95. The van der Waals surface area contributed by atoms with E-state index < -0.39 is 0 Å². The molecule has 0 fully saturated rings. The van der Waals surface area contributed by atoms with Crippen molar-refractivity contribution < 1.29 is 4.74 Å². The number of nitrogens with one attached hydrogen (secondary N) is 1. The van der Waals surface area contributed by atoms with Crippen molar-refractivity contribution in [3.8, 4) is 5.75 Å². The molecule has 3 nitrogen and oxygen atoms in total. The quantitative estimate of drug-likeness (QED) is 0.575. The number of aromatic amines is 1. The molecule has 3 aromatic rings. The van der Waals surface area contributed by atoms with E-state index in [1.807, 2.05) is 30.5 Å². The van der Waals surface area contributed by atoms with Crippen LogP contribution in [0.15, 0.2) is 59.7 Å². The lowest BCUT2D eigenvalue weighted by Gasteiger charge is -2.19. The van der Waals surface area contributed by atoms with Gasteiger partial charge in [-0.2, -0.15) is 0 Å². The minimum absolute atomic E-state index is 0.504. The zero-order valence-corrected chi connectivity index (χ0v) is 15.2. The average Bonchev–Trinajstić information content (AvgIpc) is 3.06. The van der Waals surface area contributed by atoms with Crippen LogP contribution in [0.2, 0.25) is 0 Å². The fraction of sp³-hybridized carbons (Fsp3) is 0.318. The molecular formula is C22H26N2O. The molecular weight excluding hydrogens is 308 g/mol. The van der Waals surface area contributed by atoms with E-state index in [9.17, 15) is 0 Å². The third kappa shape index (κ3) is 4.11. The van der Waals surface area contributed by atoms with E-state index in [0.717, 1.165) is 24.3 Å². The van der Waals surface area contributed by atoms with Gasteiger partial charge in [-0.25, -0.2) is 0 Å². The molecule has 0 saturated carbocycles. The van der Waals surface area contributed by atoms with Crippen LogP contribution in [0.1, 0.15) is 37.3 Å². The maximum atomic E-state index is 5.18. The fourth-order valence-electron chi connectivity index (χ4n) is 3.32. The largest absolute Gasteiger partial charge is 0.497 e. The fourth-order valence-corrected chi connectivity index (χ4v) is 3.32. The first-order valence-corrected chi connectivity index (χ1v) is 8.89. The summed E-state index contributed by atoms with van der Waals surface area (Å²) in [7, 11) is 1.68. The number of hydrogen-bond donors (Lipinski definition) is 1. The summed E-state index contributed by atoms with van der Waals surface area (Å²) >= 11 is 0. The Bertz CT molecular complexity index is 831. The van der Waals surface area contributed by atoms with Gasteiger partial charge >= 0.3 is 0 Å². The molecule has 1 atom stereocenters. The van der Waals surface area contributed by atoms with Crippen molar-refractivity contribution in [2.75, 3.05) is 13.7 Å². The molecule has 0 aliphatic rings. The Morgan fingerprint density at radius 3 is 2.56 bits per heavy atom. The van der Waals surface area contributed by atoms with Crippen LogP contribution in [0.5, 0.6) is 5.75 Å². The highest BCUT2D eigenvalue weighted by molar-refractivity contribution is 5.83. The van der Waals surface area contributed by atoms with Crippen molar-refractivity contribution in [1.29, 1.82) is 0 Å². The van der Waals surface area contributed by atoms with Crippen molar-refractivity contribution in [3.05, 3.63) is 65.9 Å². The standard InChI is InChI=1S/C22H26N2O/c1-16(2)19(21-15-24-22-7-5-4-6-20(21)22)12-13-23-14-17-8-10-18(25-3)11-9-17/h4-11,14-16,19,24H,12-13H2,1-3H3/t19-/m0/s1. The van der Waals surface area contributed by atoms with E-state index in [0.29, 0.717) is 11.8 Å². The first-order chi connectivity index (χ1) is 12.2. The van der Waals surface area contributed by atoms with Gasteiger partial charge < -0.3 is 9.72 Å². The summed E-state index contributed by atoms with van der Waals surface area (Å²) in [6, 6.07) is 16.5. The van der Waals surface area contributed by atoms with E-state index in [1.54, 1.807) is 7.11 Å². The second-order valence-corrected chi connectivity index (χ2v) is 6.74. The number of rotatable bonds is 7. The maximum absolute atomic E-state index is 5.18. The van der Waals surface area contributed by atoms with E-state index in [4.69, 9.17) is 4.74 Å². The third-order valence-electron chi connectivity index (χ3n) is 4.75. The first kappa shape index (κ1) is 17.3. The number of methoxy groups -OCH3 is 1. The van der Waals surface area contributed by atoms with E-state index in [2.05, 4.69) is 54.3 Å². The summed E-state index contributed by atoms with van der Waals surface area (Å²) < 4.78 is 5.18. The van der Waals surface area contributed by atoms with Crippen molar-refractivity contribution >= 4 is 17.1 Å². The molecule has 0 unspecified atom stereocenters. The number of fused-ring (bicyclic) bond motifs is 1. The number of nitrogens with zero attached hydrogens (tertiary/aromatic N) is 1. The molecule has 0 aliphatic carbocycles. The molecule has 0 spiro atoms. The lowest BCUT2D eigenvalue weighted by Crippen LogP contribution is -2.08. The molecule has 0 saturated heterocycles. The summed E-state index contributed by atoms with van der Waals surface area (Å²) in [6.07, 6.45) is 5.17. The molecule has 1 N–H and O–H groups in total. The molecule has 1 heterocycles. The Morgan fingerprint density at radius 2 is 1.84 bits per heavy atom. The minimum atomic E-state index is 0.504. The lowest BCUT2D eigenvalue weighted by atomic mass is 9.85. The minimum Gasteiger partial charge on any atom is -0.497 e. The van der Waals surface area contributed by atoms with Crippen molar-refractivity contribution in [2.45, 2.75) is 26.2 Å². The summed E-state index contributed by atoms with van der Waals surface area (Å²) in [5.41, 5.74) is 3.73. The Labute approximate surface area is 149 Å². The number of benzene rings is 2. The molecule has 3 heteroatoms. The van der Waals surface area contributed by atoms with Gasteiger partial charge in [0.05, 0.1) is 7.11 Å². The Hall–Kier alpha value is -2.55. The van der Waals surface area contributed by atoms with Crippen molar-refractivity contribution in [1.82, 2.24) is 4.98 Å². The molecule has 3 rings (SSSR count). The Morgan fingerprint density at radius 1 is 1.08 bits per heavy atom. The van der Waals surface area contributed by atoms with Crippen LogP contribution >= 0.6 is 0 Å². The normalized spacial score (nSPS) is 13.0. The predicted octanol–water partition coefficient (Wildman–Crippen LogP) is 5.43. The van der Waals surface area contributed by atoms with Gasteiger partial charge in [-0.15, -0.1) is 0 Å². The molecule has 25 heavy (non-hydrogen) atoms. The van der Waals surface area contributed by atoms with Crippen LogP contribution in [0.3, 0.4) is 0 Å². The number of aromatic nitrogens is 1. The molecule has 2 aromatic carbocycles. The van der Waals surface area contributed by atoms with Gasteiger partial charge in [-0.1, -0.05) is 32.0 Å². The molecule has 1 aromatic heterocycles. The lowest BCUT2D eigenvalue weighted by molar-refractivity contribution is 0.415. The molecule has 0 bridgehead atoms. The van der Waals surface area contributed by atoms with Crippen LogP contribution in [-0.2, 0) is 0 Å². The maximum Gasteiger partial charge on any atom is 0.118 e. The molecule has 0 amide bonds. The highest BCUT2D eigenvalue weighted by atomic mass is 16.5. The summed E-state index contributed by atoms with van der Waals surface area (Å²) in [5, 5.41) is 1.33. The van der Waals surface area contributed by atoms with Gasteiger partial charge in [-0.3, -0.25) is 4.99 Å². The van der Waals surface area contributed by atoms with E-state index in [1.165, 1.54) is 16.5 Å². The third-order valence-corrected chi connectivity index (χ3v) is 4.75. The van der Waals surface area contributed by atoms with Gasteiger partial charge in [-0.05, 0) is 59.7 Å². The van der Waals surface area contributed by atoms with E-state index in [-0.39, 0.29) is 0 Å². The van der Waals surface area contributed by atoms with Gasteiger partial charge in [0.25, 0.3) is 0 Å². The van der Waals surface area contributed by atoms with Gasteiger partial charge in [0.15, 0.2) is 0 Å². The summed E-state index contributed by atoms with van der Waals surface area (Å²) in [6.45, 7) is 5.41.